The number of hydrogen-bond acceptors (Lipinski definition) is 1. The Kier molecular flexibility index (Phi) is 9.48. The third-order valence-corrected chi connectivity index (χ3v) is 8.43. The topological polar surface area (TPSA) is 20.2 Å². The molecule has 0 radical (unpaired) electrons. The third-order valence-electron chi connectivity index (χ3n) is 8.43. The molecule has 0 aliphatic heterocycles. The van der Waals surface area contributed by atoms with Gasteiger partial charge in [0.2, 0.25) is 0 Å². The molecule has 0 saturated carbocycles. The zero-order valence-electron chi connectivity index (χ0n) is 25.3. The number of fused-ring (bicyclic) bond motifs is 1. The Labute approximate surface area is 233 Å². The van der Waals surface area contributed by atoms with E-state index < -0.39 is 6.10 Å². The first-order chi connectivity index (χ1) is 17.8. The van der Waals surface area contributed by atoms with E-state index in [2.05, 4.69) is 111 Å². The van der Waals surface area contributed by atoms with Gasteiger partial charge in [0.25, 0.3) is 0 Å². The summed E-state index contributed by atoms with van der Waals surface area (Å²) in [5, 5.41) is 11.1. The Hall–Kier alpha value is -2.64. The van der Waals surface area contributed by atoms with E-state index in [-0.39, 0.29) is 10.8 Å². The van der Waals surface area contributed by atoms with Gasteiger partial charge in [-0.25, -0.2) is 0 Å². The highest BCUT2D eigenvalue weighted by Gasteiger charge is 2.37. The van der Waals surface area contributed by atoms with Gasteiger partial charge in [0.05, 0.1) is 0 Å². The lowest BCUT2D eigenvalue weighted by molar-refractivity contribution is 0.247. The molecule has 0 fully saturated rings. The Morgan fingerprint density at radius 3 is 1.97 bits per heavy atom. The number of aliphatic hydroxyl groups excluding tert-OH is 1. The molecule has 0 amide bonds. The molecule has 1 N–H and O–H groups in total. The summed E-state index contributed by atoms with van der Waals surface area (Å²) >= 11 is 0. The number of benzene rings is 2. The van der Waals surface area contributed by atoms with Gasteiger partial charge in [-0.1, -0.05) is 117 Å². The van der Waals surface area contributed by atoms with Crippen LogP contribution in [0.5, 0.6) is 0 Å². The Morgan fingerprint density at radius 1 is 0.895 bits per heavy atom. The summed E-state index contributed by atoms with van der Waals surface area (Å²) in [5.74, 6) is 0. The molecule has 0 spiro atoms. The van der Waals surface area contributed by atoms with Crippen LogP contribution in [0.1, 0.15) is 101 Å². The fourth-order valence-corrected chi connectivity index (χ4v) is 5.63. The molecular formula is C37H50O. The zero-order valence-corrected chi connectivity index (χ0v) is 25.3. The van der Waals surface area contributed by atoms with E-state index in [4.69, 9.17) is 0 Å². The van der Waals surface area contributed by atoms with E-state index in [1.165, 1.54) is 58.2 Å². The van der Waals surface area contributed by atoms with E-state index in [9.17, 15) is 5.11 Å². The van der Waals surface area contributed by atoms with Gasteiger partial charge in [0, 0.05) is 0 Å². The molecule has 4 rings (SSSR count). The highest BCUT2D eigenvalue weighted by Crippen LogP contribution is 2.47. The Balaban J connectivity index is 0.00000127. The average molecular weight is 511 g/mol. The first-order valence-electron chi connectivity index (χ1n) is 14.5. The molecule has 204 valence electrons. The summed E-state index contributed by atoms with van der Waals surface area (Å²) < 4.78 is 0. The van der Waals surface area contributed by atoms with Gasteiger partial charge < -0.3 is 5.11 Å². The fourth-order valence-electron chi connectivity index (χ4n) is 5.63. The molecule has 2 aliphatic rings. The highest BCUT2D eigenvalue weighted by atomic mass is 16.3. The van der Waals surface area contributed by atoms with Crippen LogP contribution in [0, 0.1) is 6.92 Å². The highest BCUT2D eigenvalue weighted by molar-refractivity contribution is 5.59. The lowest BCUT2D eigenvalue weighted by Gasteiger charge is -2.42. The largest absolute Gasteiger partial charge is 0.384 e. The van der Waals surface area contributed by atoms with E-state index in [0.717, 1.165) is 29.6 Å². The maximum atomic E-state index is 11.1. The minimum Gasteiger partial charge on any atom is -0.384 e. The van der Waals surface area contributed by atoms with Crippen LogP contribution in [0.2, 0.25) is 0 Å². The van der Waals surface area contributed by atoms with Crippen molar-refractivity contribution in [3.63, 3.8) is 0 Å². The van der Waals surface area contributed by atoms with Crippen LogP contribution in [0.25, 0.3) is 0 Å². The monoisotopic (exact) mass is 510 g/mol. The van der Waals surface area contributed by atoms with Crippen molar-refractivity contribution in [3.05, 3.63) is 117 Å². The summed E-state index contributed by atoms with van der Waals surface area (Å²) in [7, 11) is 0. The van der Waals surface area contributed by atoms with Crippen LogP contribution < -0.4 is 0 Å². The molecule has 2 aromatic rings. The standard InChI is InChI=1S/C34H42O.C3H8/c1-9-25-10-12-26(13-11-25)18-23(3)32(35)29-15-14-27(24(29)4)20-28-21-31-30(19-22(28)2)33(5,6)16-17-34(31,7)8;1-3-2/h10-15,19,21,32,35H,3-4,9,16-18,20H2,1-2,5-8H3;3H2,1-2H3. The normalized spacial score (nSPS) is 18.1. The minimum absolute atomic E-state index is 0.195. The quantitative estimate of drug-likeness (QED) is 0.368. The van der Waals surface area contributed by atoms with Crippen molar-refractivity contribution in [1.29, 1.82) is 0 Å². The van der Waals surface area contributed by atoms with E-state index >= 15 is 0 Å². The van der Waals surface area contributed by atoms with Crippen LogP contribution in [0.15, 0.2) is 84.0 Å². The molecule has 0 heterocycles. The summed E-state index contributed by atoms with van der Waals surface area (Å²) in [5.41, 5.74) is 12.5. The minimum atomic E-state index is -0.702. The van der Waals surface area contributed by atoms with Crippen molar-refractivity contribution < 1.29 is 5.11 Å². The number of hydrogen-bond donors (Lipinski definition) is 1. The van der Waals surface area contributed by atoms with Crippen molar-refractivity contribution in [2.24, 2.45) is 0 Å². The number of aryl methyl sites for hydroxylation is 2. The second-order valence-electron chi connectivity index (χ2n) is 12.7. The van der Waals surface area contributed by atoms with Crippen molar-refractivity contribution in [2.75, 3.05) is 0 Å². The van der Waals surface area contributed by atoms with Crippen molar-refractivity contribution in [1.82, 2.24) is 0 Å². The summed E-state index contributed by atoms with van der Waals surface area (Å²) in [6.45, 7) is 26.8. The molecule has 1 nitrogen and oxygen atoms in total. The summed E-state index contributed by atoms with van der Waals surface area (Å²) in [6.07, 6.45) is 9.70. The van der Waals surface area contributed by atoms with Gasteiger partial charge in [-0.2, -0.15) is 0 Å². The molecule has 1 atom stereocenters. The predicted octanol–water partition coefficient (Wildman–Crippen LogP) is 9.45. The second-order valence-corrected chi connectivity index (χ2v) is 12.7. The van der Waals surface area contributed by atoms with Crippen molar-refractivity contribution in [2.45, 2.75) is 111 Å². The Morgan fingerprint density at radius 2 is 1.42 bits per heavy atom. The third kappa shape index (κ3) is 6.49. The van der Waals surface area contributed by atoms with Crippen LogP contribution in [-0.2, 0) is 30.1 Å². The van der Waals surface area contributed by atoms with E-state index in [1.807, 2.05) is 6.08 Å². The average Bonchev–Trinajstić information content (AvgIpc) is 3.23. The van der Waals surface area contributed by atoms with Crippen molar-refractivity contribution in [3.8, 4) is 0 Å². The molecule has 0 saturated heterocycles. The smallest absolute Gasteiger partial charge is 0.101 e. The van der Waals surface area contributed by atoms with Gasteiger partial charge in [-0.05, 0) is 106 Å². The molecule has 2 aliphatic carbocycles. The first kappa shape index (κ1) is 29.9. The van der Waals surface area contributed by atoms with Gasteiger partial charge in [0.15, 0.2) is 0 Å². The SMILES string of the molecule is C=C1C(Cc2cc3c(cc2C)C(C)(C)CCC3(C)C)=CC=C1C(O)C(=C)Cc1ccc(CC)cc1.CCC. The number of aliphatic hydroxyl groups is 1. The number of allylic oxidation sites excluding steroid dienone is 3. The maximum Gasteiger partial charge on any atom is 0.101 e. The van der Waals surface area contributed by atoms with Gasteiger partial charge in [0.1, 0.15) is 6.10 Å². The first-order valence-corrected chi connectivity index (χ1v) is 14.5. The van der Waals surface area contributed by atoms with Crippen LogP contribution >= 0.6 is 0 Å². The van der Waals surface area contributed by atoms with Gasteiger partial charge in [-0.15, -0.1) is 0 Å². The molecule has 1 unspecified atom stereocenters. The second kappa shape index (κ2) is 12.0. The van der Waals surface area contributed by atoms with Crippen LogP contribution in [0.3, 0.4) is 0 Å². The molecule has 0 aromatic heterocycles. The molecule has 0 bridgehead atoms. The lowest BCUT2D eigenvalue weighted by Crippen LogP contribution is -2.34. The molecular weight excluding hydrogens is 460 g/mol. The predicted molar refractivity (Wildman–Crippen MR) is 166 cm³/mol. The van der Waals surface area contributed by atoms with Crippen LogP contribution in [0.4, 0.5) is 0 Å². The van der Waals surface area contributed by atoms with E-state index in [0.29, 0.717) is 6.42 Å². The molecule has 2 aromatic carbocycles. The maximum absolute atomic E-state index is 11.1. The van der Waals surface area contributed by atoms with Crippen molar-refractivity contribution >= 4 is 0 Å². The molecule has 38 heavy (non-hydrogen) atoms. The van der Waals surface area contributed by atoms with Gasteiger partial charge in [-0.3, -0.25) is 0 Å². The summed E-state index contributed by atoms with van der Waals surface area (Å²) in [4.78, 5) is 0. The Bertz CT molecular complexity index is 1230. The van der Waals surface area contributed by atoms with E-state index in [1.54, 1.807) is 0 Å². The molecule has 1 heteroatoms. The fraction of sp³-hybridized carbons (Fsp3) is 0.459. The lowest BCUT2D eigenvalue weighted by atomic mass is 9.62. The zero-order chi connectivity index (χ0) is 28.3. The van der Waals surface area contributed by atoms with Gasteiger partial charge >= 0.3 is 0 Å². The summed E-state index contributed by atoms with van der Waals surface area (Å²) in [6, 6.07) is 13.5. The number of rotatable bonds is 7. The van der Waals surface area contributed by atoms with Crippen LogP contribution in [-0.4, -0.2) is 11.2 Å².